The van der Waals surface area contributed by atoms with Crippen molar-refractivity contribution < 1.29 is 19.4 Å². The van der Waals surface area contributed by atoms with Crippen LogP contribution in [0.2, 0.25) is 0 Å². The monoisotopic (exact) mass is 254 g/mol. The molecule has 100 valence electrons. The molecular formula is C12H18N2O4. The van der Waals surface area contributed by atoms with Crippen molar-refractivity contribution in [3.05, 3.63) is 0 Å². The van der Waals surface area contributed by atoms with Crippen LogP contribution >= 0.6 is 0 Å². The van der Waals surface area contributed by atoms with E-state index >= 15 is 0 Å². The lowest BCUT2D eigenvalue weighted by molar-refractivity contribution is -0.154. The topological polar surface area (TPSA) is 87.7 Å². The van der Waals surface area contributed by atoms with E-state index in [-0.39, 0.29) is 13.1 Å². The van der Waals surface area contributed by atoms with E-state index in [1.165, 1.54) is 0 Å². The molecule has 1 heterocycles. The Bertz CT molecular complexity index is 364. The lowest BCUT2D eigenvalue weighted by atomic mass is 9.80. The SMILES string of the molecule is CC#CCNC(=O)NCC1(C(=O)O)CCOCC1. The first kappa shape index (κ1) is 14.3. The highest BCUT2D eigenvalue weighted by Crippen LogP contribution is 2.29. The van der Waals surface area contributed by atoms with Gasteiger partial charge in [0.25, 0.3) is 0 Å². The quantitative estimate of drug-likeness (QED) is 0.625. The smallest absolute Gasteiger partial charge is 0.315 e. The maximum atomic E-state index is 11.4. The molecule has 0 spiro atoms. The van der Waals surface area contributed by atoms with Gasteiger partial charge in [-0.1, -0.05) is 5.92 Å². The van der Waals surface area contributed by atoms with Gasteiger partial charge in [-0.15, -0.1) is 5.92 Å². The van der Waals surface area contributed by atoms with Crippen LogP contribution in [0.15, 0.2) is 0 Å². The minimum absolute atomic E-state index is 0.108. The number of rotatable bonds is 4. The second-order valence-electron chi connectivity index (χ2n) is 4.16. The summed E-state index contributed by atoms with van der Waals surface area (Å²) in [7, 11) is 0. The van der Waals surface area contributed by atoms with Gasteiger partial charge < -0.3 is 20.5 Å². The molecule has 0 aromatic carbocycles. The second-order valence-corrected chi connectivity index (χ2v) is 4.16. The minimum atomic E-state index is -0.911. The molecule has 1 rings (SSSR count). The van der Waals surface area contributed by atoms with Gasteiger partial charge in [-0.25, -0.2) is 4.79 Å². The van der Waals surface area contributed by atoms with Crippen LogP contribution in [0, 0.1) is 17.3 Å². The van der Waals surface area contributed by atoms with Crippen LogP contribution in [0.4, 0.5) is 4.79 Å². The average molecular weight is 254 g/mol. The maximum Gasteiger partial charge on any atom is 0.315 e. The van der Waals surface area contributed by atoms with E-state index in [9.17, 15) is 14.7 Å². The molecule has 0 radical (unpaired) electrons. The molecule has 1 aliphatic heterocycles. The fourth-order valence-corrected chi connectivity index (χ4v) is 1.75. The number of ether oxygens (including phenoxy) is 1. The summed E-state index contributed by atoms with van der Waals surface area (Å²) in [6.45, 7) is 2.87. The highest BCUT2D eigenvalue weighted by Gasteiger charge is 2.40. The van der Waals surface area contributed by atoms with Gasteiger partial charge >= 0.3 is 12.0 Å². The van der Waals surface area contributed by atoms with Crippen LogP contribution in [0.1, 0.15) is 19.8 Å². The van der Waals surface area contributed by atoms with Gasteiger partial charge in [0.1, 0.15) is 0 Å². The normalized spacial score (nSPS) is 17.2. The zero-order valence-corrected chi connectivity index (χ0v) is 10.4. The molecule has 0 aromatic heterocycles. The van der Waals surface area contributed by atoms with Crippen LogP contribution in [-0.2, 0) is 9.53 Å². The third-order valence-corrected chi connectivity index (χ3v) is 3.01. The van der Waals surface area contributed by atoms with E-state index in [1.54, 1.807) is 6.92 Å². The summed E-state index contributed by atoms with van der Waals surface area (Å²) in [5.41, 5.74) is -0.911. The van der Waals surface area contributed by atoms with Crippen LogP contribution in [0.25, 0.3) is 0 Å². The standard InChI is InChI=1S/C12H18N2O4/c1-2-3-6-13-11(17)14-9-12(10(15)16)4-7-18-8-5-12/h4-9H2,1H3,(H,15,16)(H2,13,14,17). The first-order valence-electron chi connectivity index (χ1n) is 5.83. The Morgan fingerprint density at radius 2 is 2.00 bits per heavy atom. The number of aliphatic carboxylic acids is 1. The molecule has 0 saturated carbocycles. The highest BCUT2D eigenvalue weighted by atomic mass is 16.5. The van der Waals surface area contributed by atoms with Gasteiger partial charge in [0.2, 0.25) is 0 Å². The molecule has 1 aliphatic rings. The summed E-state index contributed by atoms with van der Waals surface area (Å²) in [6.07, 6.45) is 0.828. The van der Waals surface area contributed by atoms with E-state index in [1.807, 2.05) is 0 Å². The summed E-state index contributed by atoms with van der Waals surface area (Å²) in [5.74, 6) is 4.45. The molecule has 0 bridgehead atoms. The Morgan fingerprint density at radius 1 is 1.33 bits per heavy atom. The Balaban J connectivity index is 2.44. The van der Waals surface area contributed by atoms with Crippen LogP contribution in [-0.4, -0.2) is 43.4 Å². The highest BCUT2D eigenvalue weighted by molar-refractivity contribution is 5.78. The number of amides is 2. The molecule has 0 unspecified atom stereocenters. The number of carboxylic acids is 1. The lowest BCUT2D eigenvalue weighted by Gasteiger charge is -2.33. The van der Waals surface area contributed by atoms with Crippen molar-refractivity contribution in [3.8, 4) is 11.8 Å². The van der Waals surface area contributed by atoms with Crippen LogP contribution in [0.5, 0.6) is 0 Å². The third kappa shape index (κ3) is 3.93. The first-order valence-corrected chi connectivity index (χ1v) is 5.83. The minimum Gasteiger partial charge on any atom is -0.481 e. The summed E-state index contributed by atoms with van der Waals surface area (Å²) in [5, 5.41) is 14.4. The van der Waals surface area contributed by atoms with Crippen molar-refractivity contribution in [1.82, 2.24) is 10.6 Å². The molecular weight excluding hydrogens is 236 g/mol. The third-order valence-electron chi connectivity index (χ3n) is 3.01. The zero-order valence-electron chi connectivity index (χ0n) is 10.4. The molecule has 6 heteroatoms. The van der Waals surface area contributed by atoms with E-state index in [4.69, 9.17) is 4.74 Å². The Labute approximate surface area is 106 Å². The predicted octanol–water partition coefficient (Wildman–Crippen LogP) is 0.190. The first-order chi connectivity index (χ1) is 8.60. The number of hydrogen-bond donors (Lipinski definition) is 3. The Hall–Kier alpha value is -1.74. The lowest BCUT2D eigenvalue weighted by Crippen LogP contribution is -2.48. The molecule has 3 N–H and O–H groups in total. The predicted molar refractivity (Wildman–Crippen MR) is 65.0 cm³/mol. The summed E-state index contributed by atoms with van der Waals surface area (Å²) in [6, 6.07) is -0.398. The number of nitrogens with one attached hydrogen (secondary N) is 2. The van der Waals surface area contributed by atoms with Crippen molar-refractivity contribution in [1.29, 1.82) is 0 Å². The average Bonchev–Trinajstić information content (AvgIpc) is 2.37. The van der Waals surface area contributed by atoms with Gasteiger partial charge in [0.15, 0.2) is 0 Å². The largest absolute Gasteiger partial charge is 0.481 e. The molecule has 6 nitrogen and oxygen atoms in total. The molecule has 18 heavy (non-hydrogen) atoms. The molecule has 2 amide bonds. The van der Waals surface area contributed by atoms with Crippen molar-refractivity contribution in [2.24, 2.45) is 5.41 Å². The fraction of sp³-hybridized carbons (Fsp3) is 0.667. The van der Waals surface area contributed by atoms with E-state index in [0.29, 0.717) is 26.1 Å². The second kappa shape index (κ2) is 6.87. The van der Waals surface area contributed by atoms with E-state index in [2.05, 4.69) is 22.5 Å². The maximum absolute atomic E-state index is 11.4. The van der Waals surface area contributed by atoms with Crippen LogP contribution < -0.4 is 10.6 Å². The molecule has 0 atom stereocenters. The van der Waals surface area contributed by atoms with Gasteiger partial charge in [-0.2, -0.15) is 0 Å². The number of carbonyl (C=O) groups is 2. The summed E-state index contributed by atoms with van der Waals surface area (Å²) < 4.78 is 5.15. The van der Waals surface area contributed by atoms with Gasteiger partial charge in [0.05, 0.1) is 12.0 Å². The van der Waals surface area contributed by atoms with Gasteiger partial charge in [-0.05, 0) is 19.8 Å². The summed E-state index contributed by atoms with van der Waals surface area (Å²) in [4.78, 5) is 22.7. The zero-order chi connectivity index (χ0) is 13.4. The number of urea groups is 1. The van der Waals surface area contributed by atoms with Crippen LogP contribution in [0.3, 0.4) is 0 Å². The van der Waals surface area contributed by atoms with Crippen molar-refractivity contribution >= 4 is 12.0 Å². The Kier molecular flexibility index (Phi) is 5.46. The number of carbonyl (C=O) groups excluding carboxylic acids is 1. The number of carboxylic acid groups (broad SMARTS) is 1. The molecule has 1 fully saturated rings. The van der Waals surface area contributed by atoms with Crippen molar-refractivity contribution in [2.75, 3.05) is 26.3 Å². The van der Waals surface area contributed by atoms with Crippen molar-refractivity contribution in [2.45, 2.75) is 19.8 Å². The van der Waals surface area contributed by atoms with E-state index in [0.717, 1.165) is 0 Å². The molecule has 1 saturated heterocycles. The number of hydrogen-bond acceptors (Lipinski definition) is 3. The van der Waals surface area contributed by atoms with Gasteiger partial charge in [-0.3, -0.25) is 4.79 Å². The molecule has 0 aromatic rings. The van der Waals surface area contributed by atoms with E-state index < -0.39 is 17.4 Å². The Morgan fingerprint density at radius 3 is 2.56 bits per heavy atom. The van der Waals surface area contributed by atoms with Crippen molar-refractivity contribution in [3.63, 3.8) is 0 Å². The molecule has 0 aliphatic carbocycles. The fourth-order valence-electron chi connectivity index (χ4n) is 1.75. The van der Waals surface area contributed by atoms with Gasteiger partial charge in [0, 0.05) is 19.8 Å². The summed E-state index contributed by atoms with van der Waals surface area (Å²) >= 11 is 0.